The molecular formula is C34H24N2. The van der Waals surface area contributed by atoms with Crippen molar-refractivity contribution in [2.45, 2.75) is 0 Å². The Morgan fingerprint density at radius 1 is 0.472 bits per heavy atom. The van der Waals surface area contributed by atoms with Crippen molar-refractivity contribution < 1.29 is 0 Å². The van der Waals surface area contributed by atoms with Gasteiger partial charge in [-0.25, -0.2) is 0 Å². The number of nitrogens with one attached hydrogen (secondary N) is 2. The van der Waals surface area contributed by atoms with E-state index in [0.717, 1.165) is 16.9 Å². The first-order chi connectivity index (χ1) is 17.8. The third kappa shape index (κ3) is 3.52. The Labute approximate surface area is 209 Å². The summed E-state index contributed by atoms with van der Waals surface area (Å²) in [6.45, 7) is 0. The molecule has 36 heavy (non-hydrogen) atoms. The molecule has 1 aromatic heterocycles. The van der Waals surface area contributed by atoms with Crippen LogP contribution < -0.4 is 5.32 Å². The van der Waals surface area contributed by atoms with Crippen LogP contribution in [0.4, 0.5) is 11.4 Å². The lowest BCUT2D eigenvalue weighted by Gasteiger charge is -2.15. The zero-order valence-electron chi connectivity index (χ0n) is 19.7. The van der Waals surface area contributed by atoms with Crippen molar-refractivity contribution in [1.82, 2.24) is 4.98 Å². The Bertz CT molecular complexity index is 1850. The van der Waals surface area contributed by atoms with Crippen molar-refractivity contribution in [3.8, 4) is 22.3 Å². The van der Waals surface area contributed by atoms with Gasteiger partial charge in [0.25, 0.3) is 0 Å². The Morgan fingerprint density at radius 3 is 2.03 bits per heavy atom. The minimum Gasteiger partial charge on any atom is -0.355 e. The van der Waals surface area contributed by atoms with E-state index in [2.05, 4.69) is 138 Å². The third-order valence-corrected chi connectivity index (χ3v) is 6.98. The Morgan fingerprint density at radius 2 is 1.17 bits per heavy atom. The average molecular weight is 461 g/mol. The SMILES string of the molecule is c1ccc(Nc2ccc(-c3ccc4[nH]c5ccc6ccccc6c5c4c3)cc2-c2ccccc2)cc1. The predicted molar refractivity (Wildman–Crippen MR) is 154 cm³/mol. The molecule has 6 aromatic carbocycles. The minimum atomic E-state index is 1.08. The summed E-state index contributed by atoms with van der Waals surface area (Å²) in [5.41, 5.74) is 9.29. The first-order valence-electron chi connectivity index (χ1n) is 12.3. The quantitative estimate of drug-likeness (QED) is 0.269. The van der Waals surface area contributed by atoms with Gasteiger partial charge in [-0.3, -0.25) is 0 Å². The lowest BCUT2D eigenvalue weighted by Crippen LogP contribution is -1.94. The van der Waals surface area contributed by atoms with Crippen LogP contribution in [-0.2, 0) is 0 Å². The molecule has 7 rings (SSSR count). The summed E-state index contributed by atoms with van der Waals surface area (Å²) >= 11 is 0. The number of hydrogen-bond acceptors (Lipinski definition) is 1. The molecule has 170 valence electrons. The summed E-state index contributed by atoms with van der Waals surface area (Å²) in [5, 5.41) is 8.70. The Hall–Kier alpha value is -4.82. The molecule has 0 spiro atoms. The molecule has 0 bridgehead atoms. The lowest BCUT2D eigenvalue weighted by atomic mass is 9.95. The normalized spacial score (nSPS) is 11.3. The number of benzene rings is 6. The smallest absolute Gasteiger partial charge is 0.0471 e. The molecule has 7 aromatic rings. The van der Waals surface area contributed by atoms with Crippen molar-refractivity contribution in [1.29, 1.82) is 0 Å². The van der Waals surface area contributed by atoms with Crippen LogP contribution in [-0.4, -0.2) is 4.98 Å². The molecule has 0 amide bonds. The monoisotopic (exact) mass is 460 g/mol. The van der Waals surface area contributed by atoms with Crippen molar-refractivity contribution in [2.75, 3.05) is 5.32 Å². The van der Waals surface area contributed by atoms with Gasteiger partial charge in [0, 0.05) is 38.7 Å². The van der Waals surface area contributed by atoms with E-state index in [1.165, 1.54) is 49.3 Å². The van der Waals surface area contributed by atoms with Crippen LogP contribution in [0.2, 0.25) is 0 Å². The van der Waals surface area contributed by atoms with Crippen LogP contribution in [0.15, 0.2) is 133 Å². The highest BCUT2D eigenvalue weighted by Gasteiger charge is 2.12. The van der Waals surface area contributed by atoms with Crippen LogP contribution in [0.5, 0.6) is 0 Å². The van der Waals surface area contributed by atoms with Gasteiger partial charge >= 0.3 is 0 Å². The number of aromatic nitrogens is 1. The van der Waals surface area contributed by atoms with E-state index < -0.39 is 0 Å². The zero-order chi connectivity index (χ0) is 23.9. The van der Waals surface area contributed by atoms with Crippen molar-refractivity contribution in [3.63, 3.8) is 0 Å². The van der Waals surface area contributed by atoms with Crippen LogP contribution in [0.3, 0.4) is 0 Å². The number of anilines is 2. The molecular weight excluding hydrogens is 436 g/mol. The fourth-order valence-corrected chi connectivity index (χ4v) is 5.22. The molecule has 2 heteroatoms. The van der Waals surface area contributed by atoms with Gasteiger partial charge in [-0.05, 0) is 69.9 Å². The first kappa shape index (κ1) is 20.5. The maximum absolute atomic E-state index is 3.61. The van der Waals surface area contributed by atoms with Crippen LogP contribution in [0.25, 0.3) is 54.8 Å². The summed E-state index contributed by atoms with van der Waals surface area (Å²) in [7, 11) is 0. The number of hydrogen-bond donors (Lipinski definition) is 2. The molecule has 2 nitrogen and oxygen atoms in total. The highest BCUT2D eigenvalue weighted by Crippen LogP contribution is 2.38. The predicted octanol–water partition coefficient (Wildman–Crippen LogP) is 9.55. The molecule has 1 heterocycles. The number of para-hydroxylation sites is 1. The van der Waals surface area contributed by atoms with Crippen molar-refractivity contribution >= 4 is 44.0 Å². The summed E-state index contributed by atoms with van der Waals surface area (Å²) in [5.74, 6) is 0. The summed E-state index contributed by atoms with van der Waals surface area (Å²) in [6, 6.07) is 47.4. The third-order valence-electron chi connectivity index (χ3n) is 6.98. The van der Waals surface area contributed by atoms with E-state index in [1.54, 1.807) is 0 Å². The molecule has 0 unspecified atom stereocenters. The fraction of sp³-hybridized carbons (Fsp3) is 0. The molecule has 0 aliphatic heterocycles. The summed E-state index contributed by atoms with van der Waals surface area (Å²) < 4.78 is 0. The van der Waals surface area contributed by atoms with E-state index in [4.69, 9.17) is 0 Å². The van der Waals surface area contributed by atoms with Crippen molar-refractivity contribution in [2.24, 2.45) is 0 Å². The molecule has 0 saturated carbocycles. The molecule has 0 aliphatic rings. The Kier molecular flexibility index (Phi) is 4.82. The van der Waals surface area contributed by atoms with Crippen molar-refractivity contribution in [3.05, 3.63) is 133 Å². The maximum atomic E-state index is 3.61. The number of H-pyrrole nitrogens is 1. The summed E-state index contributed by atoms with van der Waals surface area (Å²) in [6.07, 6.45) is 0. The standard InChI is InChI=1S/C34H24N2/c1-3-9-23(10-4-1)29-21-25(16-18-31(29)35-27-12-5-2-6-13-27)26-17-19-32-30(22-26)34-28-14-8-7-11-24(28)15-20-33(34)36-32/h1-22,35-36H. The van der Waals surface area contributed by atoms with Crippen LogP contribution in [0.1, 0.15) is 0 Å². The molecule has 2 N–H and O–H groups in total. The largest absolute Gasteiger partial charge is 0.355 e. The second kappa shape index (κ2) is 8.44. The first-order valence-corrected chi connectivity index (χ1v) is 12.3. The van der Waals surface area contributed by atoms with Gasteiger partial charge in [0.05, 0.1) is 0 Å². The van der Waals surface area contributed by atoms with Gasteiger partial charge in [-0.15, -0.1) is 0 Å². The van der Waals surface area contributed by atoms with E-state index in [9.17, 15) is 0 Å². The van der Waals surface area contributed by atoms with Crippen LogP contribution >= 0.6 is 0 Å². The van der Waals surface area contributed by atoms with Crippen LogP contribution in [0, 0.1) is 0 Å². The second-order valence-corrected chi connectivity index (χ2v) is 9.21. The van der Waals surface area contributed by atoms with Gasteiger partial charge in [0.15, 0.2) is 0 Å². The van der Waals surface area contributed by atoms with E-state index in [1.807, 2.05) is 6.07 Å². The molecule has 0 atom stereocenters. The number of fused-ring (bicyclic) bond motifs is 5. The maximum Gasteiger partial charge on any atom is 0.0471 e. The van der Waals surface area contributed by atoms with Gasteiger partial charge in [-0.1, -0.05) is 91.0 Å². The van der Waals surface area contributed by atoms with E-state index >= 15 is 0 Å². The molecule has 0 radical (unpaired) electrons. The van der Waals surface area contributed by atoms with Gasteiger partial charge in [-0.2, -0.15) is 0 Å². The highest BCUT2D eigenvalue weighted by molar-refractivity contribution is 6.20. The topological polar surface area (TPSA) is 27.8 Å². The van der Waals surface area contributed by atoms with Gasteiger partial charge in [0.2, 0.25) is 0 Å². The number of aromatic amines is 1. The molecule has 0 fully saturated rings. The lowest BCUT2D eigenvalue weighted by molar-refractivity contribution is 1.52. The molecule has 0 saturated heterocycles. The Balaban J connectivity index is 1.40. The minimum absolute atomic E-state index is 1.08. The van der Waals surface area contributed by atoms with E-state index in [-0.39, 0.29) is 0 Å². The molecule has 0 aliphatic carbocycles. The highest BCUT2D eigenvalue weighted by atomic mass is 14.9. The van der Waals surface area contributed by atoms with E-state index in [0.29, 0.717) is 0 Å². The summed E-state index contributed by atoms with van der Waals surface area (Å²) in [4.78, 5) is 3.61. The number of rotatable bonds is 4. The average Bonchev–Trinajstić information content (AvgIpc) is 3.33. The zero-order valence-corrected chi connectivity index (χ0v) is 19.7. The van der Waals surface area contributed by atoms with Gasteiger partial charge < -0.3 is 10.3 Å². The van der Waals surface area contributed by atoms with Gasteiger partial charge in [0.1, 0.15) is 0 Å². The fourth-order valence-electron chi connectivity index (χ4n) is 5.22. The second-order valence-electron chi connectivity index (χ2n) is 9.21.